The summed E-state index contributed by atoms with van der Waals surface area (Å²) >= 11 is 12.0. The van der Waals surface area contributed by atoms with E-state index < -0.39 is 61.3 Å². The van der Waals surface area contributed by atoms with E-state index in [1.54, 1.807) is 12.1 Å². The maximum absolute atomic E-state index is 14.0. The molecule has 0 saturated heterocycles. The van der Waals surface area contributed by atoms with Crippen molar-refractivity contribution in [2.75, 3.05) is 0 Å². The van der Waals surface area contributed by atoms with Crippen LogP contribution in [0.1, 0.15) is 18.7 Å². The topological polar surface area (TPSA) is 113 Å². The molecule has 222 valence electrons. The lowest BCUT2D eigenvalue weighted by Crippen LogP contribution is -2.53. The Morgan fingerprint density at radius 2 is 1.71 bits per heavy atom. The van der Waals surface area contributed by atoms with Crippen LogP contribution in [0, 0.1) is 5.41 Å². The SMILES string of the molecule is O=C(N[C@@H](Cn1c(-c2ccc(Cl)cc2)nn(Cc2ncn(-c3ncccc3Cl)n2)c1=O)C(F)(F)F)C1(C(F)(F)F)CC1. The van der Waals surface area contributed by atoms with Gasteiger partial charge in [0.25, 0.3) is 0 Å². The van der Waals surface area contributed by atoms with Crippen LogP contribution in [0.4, 0.5) is 26.3 Å². The molecule has 1 aromatic carbocycles. The molecule has 0 radical (unpaired) electrons. The summed E-state index contributed by atoms with van der Waals surface area (Å²) in [7, 11) is 0. The molecule has 1 saturated carbocycles. The highest BCUT2D eigenvalue weighted by molar-refractivity contribution is 6.32. The van der Waals surface area contributed by atoms with Crippen molar-refractivity contribution in [3.8, 4) is 17.2 Å². The number of amides is 1. The monoisotopic (exact) mass is 634 g/mol. The minimum absolute atomic E-state index is 0.0210. The molecule has 4 aromatic rings. The van der Waals surface area contributed by atoms with Gasteiger partial charge in [-0.05, 0) is 49.2 Å². The molecular formula is C24H18Cl2F6N8O2. The Labute approximate surface area is 241 Å². The Balaban J connectivity index is 1.50. The van der Waals surface area contributed by atoms with Gasteiger partial charge < -0.3 is 5.32 Å². The lowest BCUT2D eigenvalue weighted by molar-refractivity contribution is -0.198. The summed E-state index contributed by atoms with van der Waals surface area (Å²) in [6.07, 6.45) is -8.79. The van der Waals surface area contributed by atoms with Crippen LogP contribution in [-0.2, 0) is 17.9 Å². The highest BCUT2D eigenvalue weighted by Crippen LogP contribution is 2.57. The van der Waals surface area contributed by atoms with E-state index in [9.17, 15) is 35.9 Å². The van der Waals surface area contributed by atoms with Gasteiger partial charge >= 0.3 is 18.0 Å². The number of benzene rings is 1. The molecule has 42 heavy (non-hydrogen) atoms. The Morgan fingerprint density at radius 1 is 1.02 bits per heavy atom. The van der Waals surface area contributed by atoms with E-state index in [-0.39, 0.29) is 33.1 Å². The average Bonchev–Trinajstić information content (AvgIpc) is 3.55. The van der Waals surface area contributed by atoms with E-state index in [0.717, 1.165) is 4.68 Å². The maximum atomic E-state index is 14.0. The normalized spacial score (nSPS) is 15.4. The van der Waals surface area contributed by atoms with Crippen molar-refractivity contribution in [1.29, 1.82) is 0 Å². The summed E-state index contributed by atoms with van der Waals surface area (Å²) in [5, 5.41) is 10.3. The Kier molecular flexibility index (Phi) is 7.55. The van der Waals surface area contributed by atoms with Crippen molar-refractivity contribution in [3.63, 3.8) is 0 Å². The first-order valence-corrected chi connectivity index (χ1v) is 12.8. The molecular weight excluding hydrogens is 617 g/mol. The van der Waals surface area contributed by atoms with Gasteiger partial charge in [0, 0.05) is 16.8 Å². The first kappa shape index (κ1) is 29.6. The Morgan fingerprint density at radius 3 is 2.31 bits per heavy atom. The molecule has 1 aliphatic rings. The van der Waals surface area contributed by atoms with Crippen molar-refractivity contribution in [3.05, 3.63) is 75.3 Å². The zero-order valence-electron chi connectivity index (χ0n) is 21.0. The maximum Gasteiger partial charge on any atom is 0.410 e. The number of nitrogens with one attached hydrogen (secondary N) is 1. The van der Waals surface area contributed by atoms with Crippen molar-refractivity contribution >= 4 is 29.1 Å². The van der Waals surface area contributed by atoms with E-state index in [2.05, 4.69) is 20.2 Å². The molecule has 3 heterocycles. The molecule has 0 bridgehead atoms. The minimum Gasteiger partial charge on any atom is -0.342 e. The number of hydrogen-bond donors (Lipinski definition) is 1. The lowest BCUT2D eigenvalue weighted by atomic mass is 10.1. The van der Waals surface area contributed by atoms with Crippen LogP contribution in [0.15, 0.2) is 53.7 Å². The summed E-state index contributed by atoms with van der Waals surface area (Å²) < 4.78 is 85.0. The fourth-order valence-corrected chi connectivity index (χ4v) is 4.48. The van der Waals surface area contributed by atoms with Crippen LogP contribution in [-0.4, -0.2) is 58.4 Å². The number of alkyl halides is 6. The predicted molar refractivity (Wildman–Crippen MR) is 136 cm³/mol. The third kappa shape index (κ3) is 5.72. The zero-order chi connectivity index (χ0) is 30.4. The van der Waals surface area contributed by atoms with Crippen molar-refractivity contribution in [2.24, 2.45) is 5.41 Å². The van der Waals surface area contributed by atoms with Crippen LogP contribution in [0.5, 0.6) is 0 Å². The fraction of sp³-hybridized carbons (Fsp3) is 0.333. The smallest absolute Gasteiger partial charge is 0.342 e. The van der Waals surface area contributed by atoms with E-state index in [1.807, 2.05) is 0 Å². The summed E-state index contributed by atoms with van der Waals surface area (Å²) in [4.78, 5) is 33.9. The van der Waals surface area contributed by atoms with Gasteiger partial charge in [0.2, 0.25) is 5.91 Å². The highest BCUT2D eigenvalue weighted by atomic mass is 35.5. The van der Waals surface area contributed by atoms with Crippen molar-refractivity contribution in [1.82, 2.24) is 39.4 Å². The number of pyridine rings is 1. The number of aromatic nitrogens is 7. The molecule has 0 unspecified atom stereocenters. The Hall–Kier alpha value is -3.92. The predicted octanol–water partition coefficient (Wildman–Crippen LogP) is 4.43. The summed E-state index contributed by atoms with van der Waals surface area (Å²) in [6, 6.07) is 5.93. The number of carbonyl (C=O) groups is 1. The molecule has 1 N–H and O–H groups in total. The molecule has 1 amide bonds. The number of carbonyl (C=O) groups excluding carboxylic acids is 1. The lowest BCUT2D eigenvalue weighted by Gasteiger charge is -2.26. The van der Waals surface area contributed by atoms with Gasteiger partial charge in [0.05, 0.1) is 11.6 Å². The number of halogens is 8. The first-order valence-electron chi connectivity index (χ1n) is 12.1. The van der Waals surface area contributed by atoms with Gasteiger partial charge in [-0.15, -0.1) is 10.2 Å². The molecule has 18 heteroatoms. The van der Waals surface area contributed by atoms with Gasteiger partial charge in [0.1, 0.15) is 24.3 Å². The van der Waals surface area contributed by atoms with Crippen LogP contribution >= 0.6 is 23.2 Å². The molecule has 0 spiro atoms. The summed E-state index contributed by atoms with van der Waals surface area (Å²) in [5.41, 5.74) is -3.78. The second-order valence-corrected chi connectivity index (χ2v) is 10.3. The first-order chi connectivity index (χ1) is 19.7. The van der Waals surface area contributed by atoms with Crippen LogP contribution < -0.4 is 11.0 Å². The van der Waals surface area contributed by atoms with Crippen LogP contribution in [0.3, 0.4) is 0 Å². The fourth-order valence-electron chi connectivity index (χ4n) is 4.15. The Bertz CT molecular complexity index is 1680. The standard InChI is InChI=1S/C24H18Cl2F6N8O2/c25-14-5-3-13(4-6-14)18-37-39(11-17-34-12-40(36-17)19-15(26)2-1-9-33-19)21(42)38(18)10-16(23(27,28)29)35-20(41)22(7-8-22)24(30,31)32/h1-6,9,12,16H,7-8,10-11H2,(H,35,41)/t16-/m0/s1. The molecule has 1 atom stereocenters. The second-order valence-electron chi connectivity index (χ2n) is 9.44. The van der Waals surface area contributed by atoms with E-state index in [1.165, 1.54) is 46.8 Å². The number of rotatable bonds is 8. The summed E-state index contributed by atoms with van der Waals surface area (Å²) in [6.45, 7) is -1.66. The van der Waals surface area contributed by atoms with Crippen LogP contribution in [0.25, 0.3) is 17.2 Å². The number of nitrogens with zero attached hydrogens (tertiary/aromatic N) is 7. The average molecular weight is 635 g/mol. The van der Waals surface area contributed by atoms with E-state index in [4.69, 9.17) is 23.2 Å². The zero-order valence-corrected chi connectivity index (χ0v) is 22.5. The van der Waals surface area contributed by atoms with Gasteiger partial charge in [0.15, 0.2) is 17.5 Å². The summed E-state index contributed by atoms with van der Waals surface area (Å²) in [5.74, 6) is -1.82. The minimum atomic E-state index is -5.21. The van der Waals surface area contributed by atoms with Gasteiger partial charge in [-0.2, -0.15) is 26.3 Å². The molecule has 1 fully saturated rings. The second kappa shape index (κ2) is 10.7. The van der Waals surface area contributed by atoms with Crippen molar-refractivity contribution < 1.29 is 31.1 Å². The number of hydrogen-bond acceptors (Lipinski definition) is 6. The molecule has 3 aromatic heterocycles. The largest absolute Gasteiger partial charge is 0.410 e. The highest BCUT2D eigenvalue weighted by Gasteiger charge is 2.69. The molecule has 10 nitrogen and oxygen atoms in total. The van der Waals surface area contributed by atoms with Crippen LogP contribution in [0.2, 0.25) is 10.0 Å². The van der Waals surface area contributed by atoms with Crippen molar-refractivity contribution in [2.45, 2.75) is 44.3 Å². The van der Waals surface area contributed by atoms with E-state index in [0.29, 0.717) is 4.57 Å². The molecule has 0 aliphatic heterocycles. The third-order valence-corrected chi connectivity index (χ3v) is 7.15. The third-order valence-electron chi connectivity index (χ3n) is 6.60. The van der Waals surface area contributed by atoms with Gasteiger partial charge in [-0.25, -0.2) is 24.1 Å². The van der Waals surface area contributed by atoms with E-state index >= 15 is 0 Å². The quantitative estimate of drug-likeness (QED) is 0.287. The molecule has 5 rings (SSSR count). The van der Waals surface area contributed by atoms with Gasteiger partial charge in [-0.1, -0.05) is 23.2 Å². The molecule has 1 aliphatic carbocycles. The van der Waals surface area contributed by atoms with Gasteiger partial charge in [-0.3, -0.25) is 9.36 Å².